The summed E-state index contributed by atoms with van der Waals surface area (Å²) in [6.07, 6.45) is 6.97. The molecule has 4 rings (SSSR count). The maximum absolute atomic E-state index is 13.0. The first-order valence-electron chi connectivity index (χ1n) is 8.21. The van der Waals surface area contributed by atoms with Crippen LogP contribution >= 0.6 is 0 Å². The summed E-state index contributed by atoms with van der Waals surface area (Å²) in [6.45, 7) is 3.10. The van der Waals surface area contributed by atoms with Crippen molar-refractivity contribution in [2.75, 3.05) is 31.1 Å². The third-order valence-corrected chi connectivity index (χ3v) is 5.01. The van der Waals surface area contributed by atoms with Crippen LogP contribution in [0.3, 0.4) is 0 Å². The highest BCUT2D eigenvalue weighted by Crippen LogP contribution is 2.40. The van der Waals surface area contributed by atoms with Crippen molar-refractivity contribution in [2.45, 2.75) is 19.3 Å². The van der Waals surface area contributed by atoms with E-state index in [1.54, 1.807) is 12.1 Å². The molecule has 1 atom stereocenters. The second kappa shape index (κ2) is 5.89. The first-order valence-corrected chi connectivity index (χ1v) is 8.21. The smallest absolute Gasteiger partial charge is 0.289 e. The number of likely N-dealkylation sites (tertiary alicyclic amines) is 1. The number of furan rings is 1. The van der Waals surface area contributed by atoms with Crippen LogP contribution in [0.25, 0.3) is 0 Å². The Morgan fingerprint density at radius 1 is 1.21 bits per heavy atom. The molecule has 0 unspecified atom stereocenters. The highest BCUT2D eigenvalue weighted by atomic mass is 19.1. The molecule has 7 heteroatoms. The van der Waals surface area contributed by atoms with Crippen LogP contribution in [0, 0.1) is 11.2 Å². The molecule has 1 spiro atoms. The van der Waals surface area contributed by atoms with Gasteiger partial charge < -0.3 is 14.2 Å². The van der Waals surface area contributed by atoms with Crippen molar-refractivity contribution in [1.29, 1.82) is 0 Å². The lowest BCUT2D eigenvalue weighted by atomic mass is 9.79. The van der Waals surface area contributed by atoms with Gasteiger partial charge in [-0.2, -0.15) is 0 Å². The summed E-state index contributed by atoms with van der Waals surface area (Å²) in [5.41, 5.74) is 0.0538. The van der Waals surface area contributed by atoms with Crippen molar-refractivity contribution in [3.05, 3.63) is 42.4 Å². The topological polar surface area (TPSA) is 62.5 Å². The number of piperidine rings is 1. The van der Waals surface area contributed by atoms with Crippen LogP contribution in [0.2, 0.25) is 0 Å². The van der Waals surface area contributed by atoms with Gasteiger partial charge >= 0.3 is 0 Å². The van der Waals surface area contributed by atoms with Gasteiger partial charge in [-0.15, -0.1) is 0 Å². The van der Waals surface area contributed by atoms with Crippen molar-refractivity contribution in [2.24, 2.45) is 5.41 Å². The van der Waals surface area contributed by atoms with E-state index in [0.717, 1.165) is 38.9 Å². The summed E-state index contributed by atoms with van der Waals surface area (Å²) in [4.78, 5) is 24.6. The first kappa shape index (κ1) is 15.1. The van der Waals surface area contributed by atoms with Gasteiger partial charge in [0, 0.05) is 31.6 Å². The van der Waals surface area contributed by atoms with Gasteiger partial charge in [-0.3, -0.25) is 4.79 Å². The van der Waals surface area contributed by atoms with Crippen molar-refractivity contribution < 1.29 is 13.6 Å². The van der Waals surface area contributed by atoms with Crippen LogP contribution in [0.15, 0.2) is 35.2 Å². The van der Waals surface area contributed by atoms with Gasteiger partial charge in [0.2, 0.25) is 5.95 Å². The second-order valence-electron chi connectivity index (χ2n) is 6.68. The van der Waals surface area contributed by atoms with Crippen LogP contribution < -0.4 is 4.90 Å². The fourth-order valence-electron chi connectivity index (χ4n) is 3.85. The molecule has 0 radical (unpaired) electrons. The van der Waals surface area contributed by atoms with Gasteiger partial charge in [0.1, 0.15) is 0 Å². The number of hydrogen-bond acceptors (Lipinski definition) is 5. The maximum atomic E-state index is 13.0. The van der Waals surface area contributed by atoms with E-state index in [-0.39, 0.29) is 11.3 Å². The number of halogens is 1. The standard InChI is InChI=1S/C17H19FN4O2/c18-13-9-19-16(20-10-13)22-6-2-4-17(12-22)5-7-21(11-17)15(23)14-3-1-8-24-14/h1,3,8-10H,2,4-7,11-12H2/t17-/m0/s1. The van der Waals surface area contributed by atoms with Crippen LogP contribution in [-0.2, 0) is 0 Å². The van der Waals surface area contributed by atoms with Crippen LogP contribution in [0.4, 0.5) is 10.3 Å². The highest BCUT2D eigenvalue weighted by molar-refractivity contribution is 5.91. The van der Waals surface area contributed by atoms with Crippen molar-refractivity contribution in [3.63, 3.8) is 0 Å². The van der Waals surface area contributed by atoms with Crippen molar-refractivity contribution >= 4 is 11.9 Å². The lowest BCUT2D eigenvalue weighted by Gasteiger charge is -2.40. The largest absolute Gasteiger partial charge is 0.459 e. The normalized spacial score (nSPS) is 23.9. The fraction of sp³-hybridized carbons (Fsp3) is 0.471. The summed E-state index contributed by atoms with van der Waals surface area (Å²) in [6, 6.07) is 3.43. The minimum atomic E-state index is -0.429. The number of hydrogen-bond donors (Lipinski definition) is 0. The summed E-state index contributed by atoms with van der Waals surface area (Å²) < 4.78 is 18.3. The zero-order valence-corrected chi connectivity index (χ0v) is 13.3. The van der Waals surface area contributed by atoms with Gasteiger partial charge in [-0.05, 0) is 31.4 Å². The summed E-state index contributed by atoms with van der Waals surface area (Å²) >= 11 is 0. The van der Waals surface area contributed by atoms with Gasteiger partial charge in [-0.1, -0.05) is 0 Å². The van der Waals surface area contributed by atoms with E-state index >= 15 is 0 Å². The molecular weight excluding hydrogens is 311 g/mol. The van der Waals surface area contributed by atoms with Crippen molar-refractivity contribution in [3.8, 4) is 0 Å². The van der Waals surface area contributed by atoms with E-state index in [4.69, 9.17) is 4.42 Å². The van der Waals surface area contributed by atoms with Gasteiger partial charge in [0.15, 0.2) is 11.6 Å². The van der Waals surface area contributed by atoms with Crippen LogP contribution in [0.1, 0.15) is 29.8 Å². The molecule has 2 aliphatic heterocycles. The Hall–Kier alpha value is -2.44. The molecule has 0 aliphatic carbocycles. The zero-order valence-electron chi connectivity index (χ0n) is 13.3. The second-order valence-corrected chi connectivity index (χ2v) is 6.68. The molecule has 0 saturated carbocycles. The molecule has 0 bridgehead atoms. The Balaban J connectivity index is 1.47. The lowest BCUT2D eigenvalue weighted by molar-refractivity contribution is 0.0736. The van der Waals surface area contributed by atoms with Crippen LogP contribution in [0.5, 0.6) is 0 Å². The van der Waals surface area contributed by atoms with E-state index in [2.05, 4.69) is 14.9 Å². The first-order chi connectivity index (χ1) is 11.7. The monoisotopic (exact) mass is 330 g/mol. The third-order valence-electron chi connectivity index (χ3n) is 5.01. The van der Waals surface area contributed by atoms with E-state index < -0.39 is 5.82 Å². The molecule has 2 fully saturated rings. The molecule has 2 aliphatic rings. The number of carbonyl (C=O) groups excluding carboxylic acids is 1. The Morgan fingerprint density at radius 3 is 2.79 bits per heavy atom. The minimum Gasteiger partial charge on any atom is -0.459 e. The molecular formula is C17H19FN4O2. The summed E-state index contributed by atoms with van der Waals surface area (Å²) in [5.74, 6) is 0.474. The van der Waals surface area contributed by atoms with Gasteiger partial charge in [0.05, 0.1) is 18.7 Å². The maximum Gasteiger partial charge on any atom is 0.289 e. The fourth-order valence-corrected chi connectivity index (χ4v) is 3.85. The quantitative estimate of drug-likeness (QED) is 0.846. The predicted molar refractivity (Wildman–Crippen MR) is 85.1 cm³/mol. The SMILES string of the molecule is O=C(c1ccco1)N1CC[C@@]2(CCCN(c3ncc(F)cn3)C2)C1. The van der Waals surface area contributed by atoms with Crippen molar-refractivity contribution in [1.82, 2.24) is 14.9 Å². The molecule has 24 heavy (non-hydrogen) atoms. The minimum absolute atomic E-state index is 0.0490. The molecule has 0 aromatic carbocycles. The molecule has 2 saturated heterocycles. The third kappa shape index (κ3) is 2.74. The average molecular weight is 330 g/mol. The summed E-state index contributed by atoms with van der Waals surface area (Å²) in [5, 5.41) is 0. The molecule has 126 valence electrons. The molecule has 2 aromatic heterocycles. The molecule has 0 N–H and O–H groups in total. The highest BCUT2D eigenvalue weighted by Gasteiger charge is 2.43. The number of aromatic nitrogens is 2. The Labute approximate surface area is 139 Å². The Bertz CT molecular complexity index is 719. The molecule has 1 amide bonds. The number of carbonyl (C=O) groups is 1. The number of nitrogens with zero attached hydrogens (tertiary/aromatic N) is 4. The van der Waals surface area contributed by atoms with Crippen LogP contribution in [-0.4, -0.2) is 47.0 Å². The molecule has 6 nitrogen and oxygen atoms in total. The zero-order chi connectivity index (χ0) is 16.6. The van der Waals surface area contributed by atoms with Gasteiger partial charge in [0.25, 0.3) is 5.91 Å². The number of rotatable bonds is 2. The lowest BCUT2D eigenvalue weighted by Crippen LogP contribution is -2.46. The Kier molecular flexibility index (Phi) is 3.70. The Morgan fingerprint density at radius 2 is 2.04 bits per heavy atom. The van der Waals surface area contributed by atoms with E-state index in [1.165, 1.54) is 18.7 Å². The molecule has 4 heterocycles. The predicted octanol–water partition coefficient (Wildman–Crippen LogP) is 2.34. The van der Waals surface area contributed by atoms with E-state index in [1.807, 2.05) is 4.90 Å². The molecule has 2 aromatic rings. The summed E-state index contributed by atoms with van der Waals surface area (Å²) in [7, 11) is 0. The van der Waals surface area contributed by atoms with E-state index in [0.29, 0.717) is 18.3 Å². The van der Waals surface area contributed by atoms with Gasteiger partial charge in [-0.25, -0.2) is 14.4 Å². The number of anilines is 1. The van der Waals surface area contributed by atoms with E-state index in [9.17, 15) is 9.18 Å². The number of amides is 1. The average Bonchev–Trinajstić information content (AvgIpc) is 3.26.